The lowest BCUT2D eigenvalue weighted by molar-refractivity contribution is 0.477. The van der Waals surface area contributed by atoms with Crippen LogP contribution in [0.25, 0.3) is 94.3 Å². The van der Waals surface area contributed by atoms with Gasteiger partial charge in [0.2, 0.25) is 0 Å². The van der Waals surface area contributed by atoms with Crippen LogP contribution in [0.1, 0.15) is 25.0 Å². The normalized spacial score (nSPS) is 11.9. The fraction of sp³-hybridized carbons (Fsp3) is 0.0545. The maximum Gasteiger partial charge on any atom is 0.149 e. The van der Waals surface area contributed by atoms with Crippen LogP contribution < -0.4 is 0 Å². The van der Waals surface area contributed by atoms with Crippen molar-refractivity contribution in [2.24, 2.45) is 0 Å². The number of nitrogens with zero attached hydrogens (tertiary/aromatic N) is 3. The molecular formula is C55H39N3O2. The van der Waals surface area contributed by atoms with E-state index >= 15 is 0 Å². The molecule has 0 unspecified atom stereocenters. The number of aromatic hydroxyl groups is 1. The van der Waals surface area contributed by atoms with Crippen LogP contribution in [0.3, 0.4) is 0 Å². The molecule has 5 heteroatoms. The molecule has 0 aliphatic heterocycles. The van der Waals surface area contributed by atoms with E-state index in [0.29, 0.717) is 11.4 Å². The lowest BCUT2D eigenvalue weighted by Gasteiger charge is -2.27. The number of hydrogen-bond donors (Lipinski definition) is 1. The zero-order valence-electron chi connectivity index (χ0n) is 33.2. The first-order valence-electron chi connectivity index (χ1n) is 20.3. The number of aromatic nitrogens is 3. The highest BCUT2D eigenvalue weighted by Gasteiger charge is 2.27. The second-order valence-corrected chi connectivity index (χ2v) is 15.9. The third-order valence-corrected chi connectivity index (χ3v) is 12.1. The zero-order chi connectivity index (χ0) is 40.4. The number of rotatable bonds is 7. The van der Waals surface area contributed by atoms with Gasteiger partial charge in [0.05, 0.1) is 33.4 Å². The molecule has 11 aromatic rings. The van der Waals surface area contributed by atoms with E-state index in [4.69, 9.17) is 14.4 Å². The Morgan fingerprint density at radius 1 is 0.550 bits per heavy atom. The largest absolute Gasteiger partial charge is 0.507 e. The van der Waals surface area contributed by atoms with Crippen LogP contribution in [-0.2, 0) is 5.41 Å². The third kappa shape index (κ3) is 5.70. The minimum atomic E-state index is -0.364. The van der Waals surface area contributed by atoms with Crippen molar-refractivity contribution in [2.75, 3.05) is 0 Å². The summed E-state index contributed by atoms with van der Waals surface area (Å²) in [6.45, 7) is 4.56. The SMILES string of the molecule is CC(C)(c1ccccc1)c1cc(-c2cccc3c2nc(-c2ccccc2O)n3-c2ccccc2-c2ccccc2)cc(-c2nccc3oc4c5ccccc5ccc4c23)c1. The minimum Gasteiger partial charge on any atom is -0.507 e. The molecular weight excluding hydrogens is 735 g/mol. The van der Waals surface area contributed by atoms with Crippen molar-refractivity contribution in [1.82, 2.24) is 14.5 Å². The molecule has 0 fully saturated rings. The molecule has 0 aliphatic carbocycles. The average molecular weight is 774 g/mol. The maximum atomic E-state index is 11.4. The number of pyridine rings is 1. The maximum absolute atomic E-state index is 11.4. The van der Waals surface area contributed by atoms with Gasteiger partial charge in [0.15, 0.2) is 0 Å². The summed E-state index contributed by atoms with van der Waals surface area (Å²) < 4.78 is 8.84. The molecule has 286 valence electrons. The van der Waals surface area contributed by atoms with Crippen LogP contribution >= 0.6 is 0 Å². The lowest BCUT2D eigenvalue weighted by atomic mass is 9.76. The molecule has 60 heavy (non-hydrogen) atoms. The second-order valence-electron chi connectivity index (χ2n) is 15.9. The van der Waals surface area contributed by atoms with Crippen molar-refractivity contribution in [1.29, 1.82) is 0 Å². The van der Waals surface area contributed by atoms with Gasteiger partial charge in [0.1, 0.15) is 22.7 Å². The highest BCUT2D eigenvalue weighted by Crippen LogP contribution is 2.44. The Morgan fingerprint density at radius 2 is 1.25 bits per heavy atom. The molecule has 0 spiro atoms. The number of fused-ring (bicyclic) bond motifs is 6. The monoisotopic (exact) mass is 773 g/mol. The van der Waals surface area contributed by atoms with Gasteiger partial charge in [-0.05, 0) is 76.2 Å². The summed E-state index contributed by atoms with van der Waals surface area (Å²) >= 11 is 0. The highest BCUT2D eigenvalue weighted by molar-refractivity contribution is 6.18. The van der Waals surface area contributed by atoms with E-state index in [1.165, 1.54) is 5.56 Å². The number of para-hydroxylation sites is 3. The van der Waals surface area contributed by atoms with E-state index in [-0.39, 0.29) is 11.2 Å². The predicted octanol–water partition coefficient (Wildman–Crippen LogP) is 14.2. The fourth-order valence-electron chi connectivity index (χ4n) is 8.92. The van der Waals surface area contributed by atoms with Gasteiger partial charge in [-0.25, -0.2) is 4.98 Å². The number of phenols is 1. The molecule has 0 amide bonds. The molecule has 5 nitrogen and oxygen atoms in total. The number of phenolic OH excluding ortho intramolecular Hbond substituents is 1. The van der Waals surface area contributed by atoms with E-state index in [2.05, 4.69) is 170 Å². The van der Waals surface area contributed by atoms with Gasteiger partial charge in [-0.3, -0.25) is 9.55 Å². The van der Waals surface area contributed by atoms with Crippen LogP contribution in [0.2, 0.25) is 0 Å². The van der Waals surface area contributed by atoms with Crippen LogP contribution in [0, 0.1) is 0 Å². The highest BCUT2D eigenvalue weighted by atomic mass is 16.3. The molecule has 0 radical (unpaired) electrons. The summed E-state index contributed by atoms with van der Waals surface area (Å²) in [5.41, 5.74) is 13.0. The van der Waals surface area contributed by atoms with Crippen molar-refractivity contribution in [3.8, 4) is 56.3 Å². The Kier molecular flexibility index (Phi) is 8.24. The van der Waals surface area contributed by atoms with E-state index in [1.807, 2.05) is 36.5 Å². The summed E-state index contributed by atoms with van der Waals surface area (Å²) in [7, 11) is 0. The van der Waals surface area contributed by atoms with Crippen molar-refractivity contribution < 1.29 is 9.52 Å². The summed E-state index contributed by atoms with van der Waals surface area (Å²) in [5.74, 6) is 0.824. The van der Waals surface area contributed by atoms with Gasteiger partial charge < -0.3 is 9.52 Å². The van der Waals surface area contributed by atoms with Crippen molar-refractivity contribution in [3.05, 3.63) is 205 Å². The number of furan rings is 1. The fourth-order valence-corrected chi connectivity index (χ4v) is 8.92. The summed E-state index contributed by atoms with van der Waals surface area (Å²) in [6.07, 6.45) is 1.85. The summed E-state index contributed by atoms with van der Waals surface area (Å²) in [6, 6.07) is 64.8. The third-order valence-electron chi connectivity index (χ3n) is 12.1. The van der Waals surface area contributed by atoms with Crippen LogP contribution in [-0.4, -0.2) is 19.6 Å². The van der Waals surface area contributed by atoms with Gasteiger partial charge in [0, 0.05) is 39.1 Å². The van der Waals surface area contributed by atoms with E-state index < -0.39 is 0 Å². The van der Waals surface area contributed by atoms with Crippen LogP contribution in [0.4, 0.5) is 0 Å². The van der Waals surface area contributed by atoms with Crippen molar-refractivity contribution in [2.45, 2.75) is 19.3 Å². The molecule has 0 saturated carbocycles. The molecule has 3 aromatic heterocycles. The topological polar surface area (TPSA) is 64.1 Å². The Hall–Kier alpha value is -7.76. The van der Waals surface area contributed by atoms with Gasteiger partial charge in [-0.15, -0.1) is 0 Å². The molecule has 3 heterocycles. The Morgan fingerprint density at radius 3 is 2.08 bits per heavy atom. The first kappa shape index (κ1) is 35.4. The first-order chi connectivity index (χ1) is 29.4. The summed E-state index contributed by atoms with van der Waals surface area (Å²) in [4.78, 5) is 10.6. The van der Waals surface area contributed by atoms with Gasteiger partial charge in [-0.1, -0.05) is 153 Å². The standard InChI is InChI=1S/C55H39N3O2/c1-55(2,39-19-7-4-8-20-39)40-33-37(32-38(34-40)51-50-45-29-28-36-18-9-10-22-43(36)53(45)60-49(50)30-31-56-51)42-24-15-26-47-52(42)57-54(44-23-12-14-27-48(44)59)58(47)46-25-13-11-21-41(46)35-16-5-3-6-17-35/h3-34,59H,1-2H3. The molecule has 0 atom stereocenters. The molecule has 8 aromatic carbocycles. The molecule has 0 saturated heterocycles. The Balaban J connectivity index is 1.20. The molecule has 11 rings (SSSR count). The summed E-state index contributed by atoms with van der Waals surface area (Å²) in [5, 5.41) is 15.6. The number of hydrogen-bond acceptors (Lipinski definition) is 4. The van der Waals surface area contributed by atoms with E-state index in [1.54, 1.807) is 6.07 Å². The van der Waals surface area contributed by atoms with Crippen LogP contribution in [0.5, 0.6) is 5.75 Å². The Bertz CT molecular complexity index is 3420. The van der Waals surface area contributed by atoms with Crippen LogP contribution in [0.15, 0.2) is 199 Å². The number of benzene rings is 8. The number of imidazole rings is 1. The van der Waals surface area contributed by atoms with Gasteiger partial charge >= 0.3 is 0 Å². The van der Waals surface area contributed by atoms with Crippen molar-refractivity contribution in [3.63, 3.8) is 0 Å². The van der Waals surface area contributed by atoms with E-state index in [9.17, 15) is 5.11 Å². The lowest BCUT2D eigenvalue weighted by Crippen LogP contribution is -2.19. The molecule has 0 bridgehead atoms. The average Bonchev–Trinajstić information content (AvgIpc) is 3.89. The second kappa shape index (κ2) is 14.0. The van der Waals surface area contributed by atoms with E-state index in [0.717, 1.165) is 88.5 Å². The molecule has 1 N–H and O–H groups in total. The Labute approximate surface area is 347 Å². The van der Waals surface area contributed by atoms with Gasteiger partial charge in [0.25, 0.3) is 0 Å². The quantitative estimate of drug-likeness (QED) is 0.175. The smallest absolute Gasteiger partial charge is 0.149 e. The predicted molar refractivity (Wildman–Crippen MR) is 246 cm³/mol. The molecule has 0 aliphatic rings. The first-order valence-corrected chi connectivity index (χ1v) is 20.3. The van der Waals surface area contributed by atoms with Gasteiger partial charge in [-0.2, -0.15) is 0 Å². The van der Waals surface area contributed by atoms with Crippen molar-refractivity contribution >= 4 is 43.7 Å². The minimum absolute atomic E-state index is 0.168. The zero-order valence-corrected chi connectivity index (χ0v) is 33.2.